The van der Waals surface area contributed by atoms with Gasteiger partial charge in [-0.25, -0.2) is 0 Å². The molecule has 2 rings (SSSR count). The van der Waals surface area contributed by atoms with E-state index in [0.29, 0.717) is 0 Å². The van der Waals surface area contributed by atoms with E-state index in [1.807, 2.05) is 10.8 Å². The van der Waals surface area contributed by atoms with Crippen LogP contribution in [0, 0.1) is 5.92 Å². The second-order valence-electron chi connectivity index (χ2n) is 6.10. The van der Waals surface area contributed by atoms with E-state index in [9.17, 15) is 0 Å². The van der Waals surface area contributed by atoms with Crippen molar-refractivity contribution in [3.05, 3.63) is 22.9 Å². The van der Waals surface area contributed by atoms with Gasteiger partial charge in [0, 0.05) is 0 Å². The standard InChI is InChI=1S/C14H24Si/c1-15(2,3)14-11-6-4-5-8-12-9-7-10-13(12)14/h4,6,12H,5,7-11H2,1-3H3/b6-4-,14-13+. The van der Waals surface area contributed by atoms with Crippen LogP contribution in [0.25, 0.3) is 0 Å². The van der Waals surface area contributed by atoms with Crippen LogP contribution in [0.5, 0.6) is 0 Å². The summed E-state index contributed by atoms with van der Waals surface area (Å²) in [4.78, 5) is 0. The van der Waals surface area contributed by atoms with Crippen LogP contribution < -0.4 is 0 Å². The maximum Gasteiger partial charge on any atom is 0.0728 e. The van der Waals surface area contributed by atoms with E-state index in [0.717, 1.165) is 5.92 Å². The maximum atomic E-state index is 2.51. The molecular weight excluding hydrogens is 196 g/mol. The third kappa shape index (κ3) is 2.44. The van der Waals surface area contributed by atoms with Crippen LogP contribution >= 0.6 is 0 Å². The molecule has 0 aromatic carbocycles. The molecule has 0 nitrogen and oxygen atoms in total. The molecule has 15 heavy (non-hydrogen) atoms. The van der Waals surface area contributed by atoms with Gasteiger partial charge in [0.25, 0.3) is 0 Å². The molecule has 1 fully saturated rings. The predicted octanol–water partition coefficient (Wildman–Crippen LogP) is 4.70. The van der Waals surface area contributed by atoms with Crippen LogP contribution in [-0.4, -0.2) is 8.07 Å². The molecule has 0 radical (unpaired) electrons. The minimum absolute atomic E-state index is 0.955. The van der Waals surface area contributed by atoms with Crippen LogP contribution in [0.4, 0.5) is 0 Å². The van der Waals surface area contributed by atoms with Gasteiger partial charge in [-0.05, 0) is 44.4 Å². The molecule has 0 aromatic rings. The maximum absolute atomic E-state index is 2.51. The van der Waals surface area contributed by atoms with E-state index >= 15 is 0 Å². The quantitative estimate of drug-likeness (QED) is 0.444. The molecule has 84 valence electrons. The minimum Gasteiger partial charge on any atom is -0.0882 e. The largest absolute Gasteiger partial charge is 0.0882 e. The summed E-state index contributed by atoms with van der Waals surface area (Å²) in [5, 5.41) is 1.88. The number of rotatable bonds is 1. The minimum atomic E-state index is -1.07. The average Bonchev–Trinajstić information content (AvgIpc) is 2.49. The predicted molar refractivity (Wildman–Crippen MR) is 70.7 cm³/mol. The van der Waals surface area contributed by atoms with Gasteiger partial charge in [0.2, 0.25) is 0 Å². The van der Waals surface area contributed by atoms with E-state index in [1.54, 1.807) is 0 Å². The van der Waals surface area contributed by atoms with Gasteiger partial charge in [-0.15, -0.1) is 0 Å². The molecule has 1 atom stereocenters. The van der Waals surface area contributed by atoms with Crippen molar-refractivity contribution in [2.45, 2.75) is 58.2 Å². The Labute approximate surface area is 95.5 Å². The van der Waals surface area contributed by atoms with Crippen molar-refractivity contribution in [2.75, 3.05) is 0 Å². The molecule has 0 heterocycles. The first-order valence-electron chi connectivity index (χ1n) is 6.46. The van der Waals surface area contributed by atoms with Crippen molar-refractivity contribution in [2.24, 2.45) is 5.92 Å². The zero-order valence-electron chi connectivity index (χ0n) is 10.5. The molecule has 2 aliphatic rings. The van der Waals surface area contributed by atoms with Crippen molar-refractivity contribution >= 4 is 8.07 Å². The highest BCUT2D eigenvalue weighted by molar-refractivity contribution is 6.83. The lowest BCUT2D eigenvalue weighted by molar-refractivity contribution is 0.573. The number of hydrogen-bond acceptors (Lipinski definition) is 0. The first-order chi connectivity index (χ1) is 7.09. The summed E-state index contributed by atoms with van der Waals surface area (Å²) >= 11 is 0. The Morgan fingerprint density at radius 1 is 1.13 bits per heavy atom. The third-order valence-electron chi connectivity index (χ3n) is 3.95. The highest BCUT2D eigenvalue weighted by Crippen LogP contribution is 2.40. The average molecular weight is 220 g/mol. The Bertz CT molecular complexity index is 291. The summed E-state index contributed by atoms with van der Waals surface area (Å²) in [5.74, 6) is 0.955. The lowest BCUT2D eigenvalue weighted by Gasteiger charge is -2.27. The lowest BCUT2D eigenvalue weighted by Crippen LogP contribution is -2.26. The number of fused-ring (bicyclic) bond motifs is 1. The summed E-state index contributed by atoms with van der Waals surface area (Å²) in [6, 6.07) is 0. The van der Waals surface area contributed by atoms with E-state index < -0.39 is 8.07 Å². The Hall–Kier alpha value is -0.303. The van der Waals surface area contributed by atoms with Crippen LogP contribution in [0.2, 0.25) is 19.6 Å². The number of hydrogen-bond donors (Lipinski definition) is 0. The molecule has 1 unspecified atom stereocenters. The molecule has 0 N–H and O–H groups in total. The zero-order valence-corrected chi connectivity index (χ0v) is 11.5. The topological polar surface area (TPSA) is 0 Å². The van der Waals surface area contributed by atoms with Gasteiger partial charge in [0.05, 0.1) is 8.07 Å². The van der Waals surface area contributed by atoms with Gasteiger partial charge in [-0.2, -0.15) is 0 Å². The Kier molecular flexibility index (Phi) is 3.20. The fraction of sp³-hybridized carbons (Fsp3) is 0.714. The Morgan fingerprint density at radius 2 is 1.93 bits per heavy atom. The first-order valence-corrected chi connectivity index (χ1v) is 9.96. The summed E-state index contributed by atoms with van der Waals surface area (Å²) in [7, 11) is -1.07. The molecule has 1 heteroatoms. The van der Waals surface area contributed by atoms with E-state index in [-0.39, 0.29) is 0 Å². The highest BCUT2D eigenvalue weighted by Gasteiger charge is 2.29. The normalized spacial score (nSPS) is 34.5. The molecule has 1 saturated carbocycles. The van der Waals surface area contributed by atoms with Crippen molar-refractivity contribution in [3.8, 4) is 0 Å². The van der Waals surface area contributed by atoms with Gasteiger partial charge in [0.15, 0.2) is 0 Å². The van der Waals surface area contributed by atoms with Crippen LogP contribution in [0.1, 0.15) is 38.5 Å². The Balaban J connectivity index is 2.35. The van der Waals surface area contributed by atoms with Gasteiger partial charge in [-0.1, -0.05) is 42.6 Å². The highest BCUT2D eigenvalue weighted by atomic mass is 28.3. The second-order valence-corrected chi connectivity index (χ2v) is 11.2. The van der Waals surface area contributed by atoms with Crippen molar-refractivity contribution in [1.82, 2.24) is 0 Å². The molecule has 0 aromatic heterocycles. The van der Waals surface area contributed by atoms with Crippen molar-refractivity contribution < 1.29 is 0 Å². The molecule has 0 bridgehead atoms. The first kappa shape index (κ1) is 11.2. The van der Waals surface area contributed by atoms with Crippen LogP contribution in [-0.2, 0) is 0 Å². The van der Waals surface area contributed by atoms with Crippen LogP contribution in [0.3, 0.4) is 0 Å². The smallest absolute Gasteiger partial charge is 0.0728 e. The van der Waals surface area contributed by atoms with E-state index in [4.69, 9.17) is 0 Å². The summed E-state index contributed by atoms with van der Waals surface area (Å²) in [6.07, 6.45) is 13.2. The second kappa shape index (κ2) is 4.29. The number of allylic oxidation sites excluding steroid dienone is 4. The SMILES string of the molecule is C[Si](C)(C)/C1=C2\CCCC2CC/C=C\C1. The van der Waals surface area contributed by atoms with E-state index in [2.05, 4.69) is 31.8 Å². The Morgan fingerprint density at radius 3 is 2.67 bits per heavy atom. The van der Waals surface area contributed by atoms with Crippen molar-refractivity contribution in [1.29, 1.82) is 0 Å². The van der Waals surface area contributed by atoms with Crippen molar-refractivity contribution in [3.63, 3.8) is 0 Å². The van der Waals surface area contributed by atoms with Gasteiger partial charge in [-0.3, -0.25) is 0 Å². The van der Waals surface area contributed by atoms with E-state index in [1.165, 1.54) is 38.5 Å². The molecule has 0 saturated heterocycles. The molecule has 2 aliphatic carbocycles. The molecule has 0 amide bonds. The summed E-state index contributed by atoms with van der Waals surface area (Å²) < 4.78 is 0. The van der Waals surface area contributed by atoms with Gasteiger partial charge in [0.1, 0.15) is 0 Å². The summed E-state index contributed by atoms with van der Waals surface area (Å²) in [6.45, 7) is 7.54. The van der Waals surface area contributed by atoms with Gasteiger partial charge < -0.3 is 0 Å². The third-order valence-corrected chi connectivity index (χ3v) is 6.29. The summed E-state index contributed by atoms with van der Waals surface area (Å²) in [5.41, 5.74) is 1.89. The fourth-order valence-electron chi connectivity index (χ4n) is 3.17. The zero-order chi connectivity index (χ0) is 10.9. The van der Waals surface area contributed by atoms with Crippen LogP contribution in [0.15, 0.2) is 22.9 Å². The molecule has 0 aliphatic heterocycles. The molecular formula is C14H24Si. The monoisotopic (exact) mass is 220 g/mol. The van der Waals surface area contributed by atoms with Gasteiger partial charge >= 0.3 is 0 Å². The fourth-order valence-corrected chi connectivity index (χ4v) is 5.19. The lowest BCUT2D eigenvalue weighted by atomic mass is 9.94. The molecule has 0 spiro atoms.